The van der Waals surface area contributed by atoms with E-state index in [-0.39, 0.29) is 0 Å². The van der Waals surface area contributed by atoms with Crippen LogP contribution in [0.3, 0.4) is 0 Å². The second-order valence-electron chi connectivity index (χ2n) is 4.67. The van der Waals surface area contributed by atoms with Crippen molar-refractivity contribution in [3.05, 3.63) is 42.5 Å². The molecule has 0 amide bonds. The Morgan fingerprint density at radius 3 is 2.74 bits per heavy atom. The van der Waals surface area contributed by atoms with Crippen molar-refractivity contribution in [2.75, 3.05) is 25.1 Å². The van der Waals surface area contributed by atoms with Gasteiger partial charge in [-0.3, -0.25) is 0 Å². The topological polar surface area (TPSA) is 41.5 Å². The summed E-state index contributed by atoms with van der Waals surface area (Å²) in [4.78, 5) is 0. The first kappa shape index (κ1) is 13.8. The number of anilines is 1. The highest BCUT2D eigenvalue weighted by Crippen LogP contribution is 2.18. The molecule has 2 N–H and O–H groups in total. The Labute approximate surface area is 114 Å². The molecule has 0 aliphatic carbocycles. The van der Waals surface area contributed by atoms with E-state index >= 15 is 0 Å². The molecule has 1 atom stereocenters. The van der Waals surface area contributed by atoms with Gasteiger partial charge in [0.2, 0.25) is 0 Å². The molecule has 3 heteroatoms. The number of fused-ring (bicyclic) bond motifs is 1. The number of aliphatic hydroxyl groups is 1. The fraction of sp³-hybridized carbons (Fsp3) is 0.375. The van der Waals surface area contributed by atoms with Crippen LogP contribution < -0.4 is 5.32 Å². The molecular formula is C16H21NO2. The van der Waals surface area contributed by atoms with E-state index in [1.165, 1.54) is 10.8 Å². The number of ether oxygens (including phenoxy) is 1. The molecule has 3 nitrogen and oxygen atoms in total. The van der Waals surface area contributed by atoms with Gasteiger partial charge in [-0.15, -0.1) is 0 Å². The van der Waals surface area contributed by atoms with Crippen molar-refractivity contribution in [3.63, 3.8) is 0 Å². The molecule has 0 saturated heterocycles. The molecule has 0 saturated carbocycles. The Morgan fingerprint density at radius 2 is 1.95 bits per heavy atom. The molecule has 0 bridgehead atoms. The fourth-order valence-electron chi connectivity index (χ4n) is 1.96. The van der Waals surface area contributed by atoms with Gasteiger partial charge in [-0.2, -0.15) is 0 Å². The minimum absolute atomic E-state index is 0.383. The quantitative estimate of drug-likeness (QED) is 0.751. The largest absolute Gasteiger partial charge is 0.389 e. The van der Waals surface area contributed by atoms with Gasteiger partial charge in [0.05, 0.1) is 12.7 Å². The third-order valence-electron chi connectivity index (χ3n) is 2.95. The lowest BCUT2D eigenvalue weighted by molar-refractivity contribution is 0.0437. The minimum Gasteiger partial charge on any atom is -0.389 e. The number of benzene rings is 2. The van der Waals surface area contributed by atoms with Gasteiger partial charge < -0.3 is 15.2 Å². The van der Waals surface area contributed by atoms with Crippen LogP contribution in [-0.4, -0.2) is 31.0 Å². The van der Waals surface area contributed by atoms with Crippen molar-refractivity contribution in [1.29, 1.82) is 0 Å². The molecule has 0 aromatic heterocycles. The Bertz CT molecular complexity index is 513. The van der Waals surface area contributed by atoms with Crippen molar-refractivity contribution >= 4 is 16.5 Å². The van der Waals surface area contributed by atoms with Crippen LogP contribution in [0, 0.1) is 0 Å². The number of nitrogens with one attached hydrogen (secondary N) is 1. The predicted octanol–water partition coefficient (Wildman–Crippen LogP) is 3.04. The maximum absolute atomic E-state index is 9.76. The third-order valence-corrected chi connectivity index (χ3v) is 2.95. The van der Waals surface area contributed by atoms with Gasteiger partial charge in [0.25, 0.3) is 0 Å². The zero-order valence-electron chi connectivity index (χ0n) is 11.3. The van der Waals surface area contributed by atoms with Crippen molar-refractivity contribution in [1.82, 2.24) is 0 Å². The molecule has 0 fully saturated rings. The second-order valence-corrected chi connectivity index (χ2v) is 4.67. The first-order chi connectivity index (χ1) is 9.29. The summed E-state index contributed by atoms with van der Waals surface area (Å²) in [7, 11) is 0. The lowest BCUT2D eigenvalue weighted by atomic mass is 10.1. The van der Waals surface area contributed by atoms with E-state index in [1.54, 1.807) is 0 Å². The molecule has 0 aliphatic heterocycles. The van der Waals surface area contributed by atoms with Gasteiger partial charge in [-0.05, 0) is 29.3 Å². The molecule has 2 aromatic carbocycles. The molecule has 1 unspecified atom stereocenters. The lowest BCUT2D eigenvalue weighted by Crippen LogP contribution is -2.25. The van der Waals surface area contributed by atoms with Gasteiger partial charge >= 0.3 is 0 Å². The maximum atomic E-state index is 9.76. The molecule has 102 valence electrons. The van der Waals surface area contributed by atoms with Gasteiger partial charge in [0, 0.05) is 18.8 Å². The second kappa shape index (κ2) is 7.12. The molecule has 2 aromatic rings. The Morgan fingerprint density at radius 1 is 1.16 bits per heavy atom. The zero-order chi connectivity index (χ0) is 13.5. The van der Waals surface area contributed by atoms with Crippen LogP contribution in [0.5, 0.6) is 0 Å². The van der Waals surface area contributed by atoms with E-state index in [0.717, 1.165) is 12.1 Å². The molecular weight excluding hydrogens is 238 g/mol. The maximum Gasteiger partial charge on any atom is 0.0945 e. The van der Waals surface area contributed by atoms with Gasteiger partial charge in [0.15, 0.2) is 0 Å². The summed E-state index contributed by atoms with van der Waals surface area (Å²) < 4.78 is 5.31. The van der Waals surface area contributed by atoms with E-state index in [1.807, 2.05) is 18.2 Å². The Kier molecular flexibility index (Phi) is 5.19. The number of hydrogen-bond acceptors (Lipinski definition) is 3. The van der Waals surface area contributed by atoms with Crippen LogP contribution in [0.2, 0.25) is 0 Å². The SMILES string of the molecule is CCCOCC(O)CNc1ccc2ccccc2c1. The van der Waals surface area contributed by atoms with Crippen molar-refractivity contribution < 1.29 is 9.84 Å². The number of hydrogen-bond donors (Lipinski definition) is 2. The van der Waals surface area contributed by atoms with E-state index in [0.29, 0.717) is 19.8 Å². The molecule has 0 radical (unpaired) electrons. The average Bonchev–Trinajstić information content (AvgIpc) is 2.45. The summed E-state index contributed by atoms with van der Waals surface area (Å²) in [5, 5.41) is 15.4. The van der Waals surface area contributed by atoms with Crippen LogP contribution in [0.1, 0.15) is 13.3 Å². The Hall–Kier alpha value is -1.58. The van der Waals surface area contributed by atoms with Crippen LogP contribution in [0.15, 0.2) is 42.5 Å². The average molecular weight is 259 g/mol. The summed E-state index contributed by atoms with van der Waals surface area (Å²) in [6, 6.07) is 14.4. The summed E-state index contributed by atoms with van der Waals surface area (Å²) in [5.74, 6) is 0. The van der Waals surface area contributed by atoms with Crippen molar-refractivity contribution in [2.24, 2.45) is 0 Å². The van der Waals surface area contributed by atoms with Crippen LogP contribution in [-0.2, 0) is 4.74 Å². The van der Waals surface area contributed by atoms with Crippen molar-refractivity contribution in [2.45, 2.75) is 19.4 Å². The van der Waals surface area contributed by atoms with Crippen LogP contribution >= 0.6 is 0 Å². The Balaban J connectivity index is 1.87. The first-order valence-electron chi connectivity index (χ1n) is 6.78. The van der Waals surface area contributed by atoms with E-state index in [2.05, 4.69) is 36.5 Å². The predicted molar refractivity (Wildman–Crippen MR) is 79.6 cm³/mol. The number of rotatable bonds is 7. The summed E-state index contributed by atoms with van der Waals surface area (Å²) >= 11 is 0. The van der Waals surface area contributed by atoms with E-state index in [4.69, 9.17) is 4.74 Å². The normalized spacial score (nSPS) is 12.5. The molecule has 0 aliphatic rings. The van der Waals surface area contributed by atoms with Crippen molar-refractivity contribution in [3.8, 4) is 0 Å². The van der Waals surface area contributed by atoms with Gasteiger partial charge in [-0.25, -0.2) is 0 Å². The molecule has 19 heavy (non-hydrogen) atoms. The smallest absolute Gasteiger partial charge is 0.0945 e. The third kappa shape index (κ3) is 4.23. The highest BCUT2D eigenvalue weighted by Gasteiger charge is 2.04. The standard InChI is InChI=1S/C16H21NO2/c1-2-9-19-12-16(18)11-17-15-8-7-13-5-3-4-6-14(13)10-15/h3-8,10,16-18H,2,9,11-12H2,1H3. The molecule has 0 spiro atoms. The zero-order valence-corrected chi connectivity index (χ0v) is 11.3. The lowest BCUT2D eigenvalue weighted by Gasteiger charge is -2.13. The van der Waals surface area contributed by atoms with E-state index < -0.39 is 6.10 Å². The van der Waals surface area contributed by atoms with Crippen LogP contribution in [0.25, 0.3) is 10.8 Å². The van der Waals surface area contributed by atoms with Crippen LogP contribution in [0.4, 0.5) is 5.69 Å². The molecule has 0 heterocycles. The first-order valence-corrected chi connectivity index (χ1v) is 6.78. The van der Waals surface area contributed by atoms with Gasteiger partial charge in [0.1, 0.15) is 0 Å². The van der Waals surface area contributed by atoms with Gasteiger partial charge in [-0.1, -0.05) is 37.3 Å². The number of aliphatic hydroxyl groups excluding tert-OH is 1. The highest BCUT2D eigenvalue weighted by molar-refractivity contribution is 5.85. The monoisotopic (exact) mass is 259 g/mol. The summed E-state index contributed by atoms with van der Waals surface area (Å²) in [5.41, 5.74) is 1.02. The van der Waals surface area contributed by atoms with E-state index in [9.17, 15) is 5.11 Å². The summed E-state index contributed by atoms with van der Waals surface area (Å²) in [6.07, 6.45) is 0.503. The molecule has 2 rings (SSSR count). The minimum atomic E-state index is -0.474. The fourth-order valence-corrected chi connectivity index (χ4v) is 1.96. The summed E-state index contributed by atoms with van der Waals surface area (Å²) in [6.45, 7) is 3.64. The highest BCUT2D eigenvalue weighted by atomic mass is 16.5.